The van der Waals surface area contributed by atoms with Crippen LogP contribution >= 0.6 is 0 Å². The van der Waals surface area contributed by atoms with E-state index in [4.69, 9.17) is 14.2 Å². The molecule has 1 aliphatic heterocycles. The van der Waals surface area contributed by atoms with Gasteiger partial charge in [-0.3, -0.25) is 4.79 Å². The van der Waals surface area contributed by atoms with Gasteiger partial charge in [0.05, 0.1) is 32.3 Å². The standard InChI is InChI=1S/C23H30N2O4/c1-4-28-20-11-7-19(8-12-20)25-15-22(16-25)29-21-9-5-18(6-10-21)17(2)24-23(26)13-14-27-3/h5-12,17,22H,4,13-16H2,1-3H3,(H,24,26)/t17-/m0/s1. The summed E-state index contributed by atoms with van der Waals surface area (Å²) in [7, 11) is 1.59. The second-order valence-electron chi connectivity index (χ2n) is 7.17. The smallest absolute Gasteiger partial charge is 0.222 e. The summed E-state index contributed by atoms with van der Waals surface area (Å²) in [6.07, 6.45) is 0.549. The van der Waals surface area contributed by atoms with E-state index < -0.39 is 0 Å². The number of methoxy groups -OCH3 is 1. The van der Waals surface area contributed by atoms with E-state index in [9.17, 15) is 4.79 Å². The van der Waals surface area contributed by atoms with E-state index in [1.165, 1.54) is 5.69 Å². The summed E-state index contributed by atoms with van der Waals surface area (Å²) in [6, 6.07) is 16.0. The van der Waals surface area contributed by atoms with Crippen LogP contribution in [0.25, 0.3) is 0 Å². The third kappa shape index (κ3) is 5.87. The van der Waals surface area contributed by atoms with E-state index in [1.54, 1.807) is 7.11 Å². The number of anilines is 1. The lowest BCUT2D eigenvalue weighted by atomic mass is 10.1. The van der Waals surface area contributed by atoms with Crippen LogP contribution in [0.15, 0.2) is 48.5 Å². The predicted octanol–water partition coefficient (Wildman–Crippen LogP) is 3.57. The van der Waals surface area contributed by atoms with Crippen LogP contribution in [0.5, 0.6) is 11.5 Å². The lowest BCUT2D eigenvalue weighted by molar-refractivity contribution is -0.122. The van der Waals surface area contributed by atoms with Crippen LogP contribution < -0.4 is 19.7 Å². The number of nitrogens with zero attached hydrogens (tertiary/aromatic N) is 1. The van der Waals surface area contributed by atoms with Gasteiger partial charge in [-0.15, -0.1) is 0 Å². The van der Waals surface area contributed by atoms with Gasteiger partial charge < -0.3 is 24.4 Å². The minimum atomic E-state index is -0.0488. The van der Waals surface area contributed by atoms with Crippen LogP contribution in [0, 0.1) is 0 Å². The Bertz CT molecular complexity index is 770. The van der Waals surface area contributed by atoms with Crippen molar-refractivity contribution in [2.75, 3.05) is 38.3 Å². The van der Waals surface area contributed by atoms with Gasteiger partial charge >= 0.3 is 0 Å². The molecule has 1 N–H and O–H groups in total. The molecule has 0 spiro atoms. The van der Waals surface area contributed by atoms with E-state index in [0.717, 1.165) is 30.2 Å². The zero-order chi connectivity index (χ0) is 20.6. The van der Waals surface area contributed by atoms with Crippen LogP contribution in [-0.4, -0.2) is 45.4 Å². The quantitative estimate of drug-likeness (QED) is 0.663. The van der Waals surface area contributed by atoms with Crippen LogP contribution in [0.1, 0.15) is 31.9 Å². The highest BCUT2D eigenvalue weighted by atomic mass is 16.5. The Balaban J connectivity index is 1.44. The van der Waals surface area contributed by atoms with Crippen molar-refractivity contribution in [3.8, 4) is 11.5 Å². The third-order valence-corrected chi connectivity index (χ3v) is 4.95. The van der Waals surface area contributed by atoms with Gasteiger partial charge in [0.25, 0.3) is 0 Å². The highest BCUT2D eigenvalue weighted by Crippen LogP contribution is 2.26. The Labute approximate surface area is 172 Å². The molecule has 1 atom stereocenters. The molecule has 29 heavy (non-hydrogen) atoms. The normalized spacial score (nSPS) is 14.8. The van der Waals surface area contributed by atoms with Crippen LogP contribution in [-0.2, 0) is 9.53 Å². The minimum Gasteiger partial charge on any atom is -0.494 e. The van der Waals surface area contributed by atoms with Crippen molar-refractivity contribution in [1.29, 1.82) is 0 Å². The monoisotopic (exact) mass is 398 g/mol. The first-order valence-electron chi connectivity index (χ1n) is 10.1. The summed E-state index contributed by atoms with van der Waals surface area (Å²) in [5, 5.41) is 2.97. The minimum absolute atomic E-state index is 0.0106. The summed E-state index contributed by atoms with van der Waals surface area (Å²) in [6.45, 7) is 6.79. The van der Waals surface area contributed by atoms with Crippen LogP contribution in [0.4, 0.5) is 5.69 Å². The highest BCUT2D eigenvalue weighted by Gasteiger charge is 2.28. The van der Waals surface area contributed by atoms with Gasteiger partial charge in [-0.05, 0) is 55.8 Å². The molecule has 2 aromatic rings. The zero-order valence-electron chi connectivity index (χ0n) is 17.4. The third-order valence-electron chi connectivity index (χ3n) is 4.95. The molecular formula is C23H30N2O4. The molecule has 6 heteroatoms. The average molecular weight is 399 g/mol. The first kappa shape index (κ1) is 21.0. The molecule has 0 bridgehead atoms. The van der Waals surface area contributed by atoms with Gasteiger partial charge in [0, 0.05) is 19.2 Å². The van der Waals surface area contributed by atoms with E-state index in [-0.39, 0.29) is 18.1 Å². The van der Waals surface area contributed by atoms with Crippen molar-refractivity contribution in [2.45, 2.75) is 32.4 Å². The lowest BCUT2D eigenvalue weighted by Gasteiger charge is -2.40. The van der Waals surface area contributed by atoms with Gasteiger partial charge in [-0.25, -0.2) is 0 Å². The molecule has 1 heterocycles. The van der Waals surface area contributed by atoms with Crippen molar-refractivity contribution >= 4 is 11.6 Å². The van der Waals surface area contributed by atoms with E-state index in [2.05, 4.69) is 22.3 Å². The van der Waals surface area contributed by atoms with Crippen LogP contribution in [0.3, 0.4) is 0 Å². The number of carbonyl (C=O) groups excluding carboxylic acids is 1. The fourth-order valence-electron chi connectivity index (χ4n) is 3.26. The Morgan fingerprint density at radius 3 is 2.38 bits per heavy atom. The number of benzene rings is 2. The molecule has 0 saturated carbocycles. The van der Waals surface area contributed by atoms with Gasteiger partial charge in [0.1, 0.15) is 17.6 Å². The van der Waals surface area contributed by atoms with Crippen molar-refractivity contribution < 1.29 is 19.0 Å². The molecule has 1 amide bonds. The van der Waals surface area contributed by atoms with Crippen molar-refractivity contribution in [3.63, 3.8) is 0 Å². The summed E-state index contributed by atoms with van der Waals surface area (Å²) in [5.74, 6) is 1.74. The number of hydrogen-bond donors (Lipinski definition) is 1. The molecule has 3 rings (SSSR count). The summed E-state index contributed by atoms with van der Waals surface area (Å²) >= 11 is 0. The highest BCUT2D eigenvalue weighted by molar-refractivity contribution is 5.76. The van der Waals surface area contributed by atoms with Crippen molar-refractivity contribution in [2.24, 2.45) is 0 Å². The molecule has 0 aliphatic carbocycles. The second-order valence-corrected chi connectivity index (χ2v) is 7.17. The number of ether oxygens (including phenoxy) is 3. The molecule has 6 nitrogen and oxygen atoms in total. The van der Waals surface area contributed by atoms with Crippen LogP contribution in [0.2, 0.25) is 0 Å². The topological polar surface area (TPSA) is 60.0 Å². The number of hydrogen-bond acceptors (Lipinski definition) is 5. The number of amides is 1. The summed E-state index contributed by atoms with van der Waals surface area (Å²) < 4.78 is 16.5. The number of rotatable bonds is 10. The molecule has 1 fully saturated rings. The van der Waals surface area contributed by atoms with Crippen molar-refractivity contribution in [1.82, 2.24) is 5.32 Å². The molecule has 2 aromatic carbocycles. The fraction of sp³-hybridized carbons (Fsp3) is 0.435. The molecule has 0 unspecified atom stereocenters. The Morgan fingerprint density at radius 2 is 1.76 bits per heavy atom. The largest absolute Gasteiger partial charge is 0.494 e. The summed E-state index contributed by atoms with van der Waals surface area (Å²) in [5.41, 5.74) is 2.23. The summed E-state index contributed by atoms with van der Waals surface area (Å²) in [4.78, 5) is 14.1. The molecule has 156 valence electrons. The lowest BCUT2D eigenvalue weighted by Crippen LogP contribution is -2.54. The molecule has 0 radical (unpaired) electrons. The first-order valence-corrected chi connectivity index (χ1v) is 10.1. The van der Waals surface area contributed by atoms with E-state index in [0.29, 0.717) is 19.6 Å². The first-order chi connectivity index (χ1) is 14.1. The maximum atomic E-state index is 11.8. The molecule has 0 aromatic heterocycles. The SMILES string of the molecule is CCOc1ccc(N2CC(Oc3ccc([C@H](C)NC(=O)CCOC)cc3)C2)cc1. The number of carbonyl (C=O) groups is 1. The maximum Gasteiger partial charge on any atom is 0.222 e. The Morgan fingerprint density at radius 1 is 1.10 bits per heavy atom. The molecular weight excluding hydrogens is 368 g/mol. The zero-order valence-corrected chi connectivity index (χ0v) is 17.4. The maximum absolute atomic E-state index is 11.8. The van der Waals surface area contributed by atoms with Gasteiger partial charge in [0.2, 0.25) is 5.91 Å². The van der Waals surface area contributed by atoms with E-state index >= 15 is 0 Å². The predicted molar refractivity (Wildman–Crippen MR) is 114 cm³/mol. The molecule has 1 aliphatic rings. The van der Waals surface area contributed by atoms with Gasteiger partial charge in [0.15, 0.2) is 0 Å². The average Bonchev–Trinajstić information content (AvgIpc) is 2.70. The van der Waals surface area contributed by atoms with E-state index in [1.807, 2.05) is 50.2 Å². The number of nitrogens with one attached hydrogen (secondary N) is 1. The van der Waals surface area contributed by atoms with Gasteiger partial charge in [-0.2, -0.15) is 0 Å². The molecule has 1 saturated heterocycles. The Kier molecular flexibility index (Phi) is 7.36. The Hall–Kier alpha value is -2.73. The second kappa shape index (κ2) is 10.2. The van der Waals surface area contributed by atoms with Gasteiger partial charge in [-0.1, -0.05) is 12.1 Å². The fourth-order valence-corrected chi connectivity index (χ4v) is 3.26. The van der Waals surface area contributed by atoms with Crippen molar-refractivity contribution in [3.05, 3.63) is 54.1 Å².